The number of aliphatic imine (C=N–C) groups is 2. The van der Waals surface area contributed by atoms with Crippen molar-refractivity contribution in [2.75, 3.05) is 9.80 Å². The van der Waals surface area contributed by atoms with Crippen LogP contribution in [0.3, 0.4) is 0 Å². The first-order valence-electron chi connectivity index (χ1n) is 20.8. The van der Waals surface area contributed by atoms with Crippen molar-refractivity contribution in [3.8, 4) is 45.3 Å². The lowest BCUT2D eigenvalue weighted by molar-refractivity contribution is 0.338. The molecule has 7 heteroatoms. The molecule has 6 aromatic carbocycles. The van der Waals surface area contributed by atoms with Crippen molar-refractivity contribution in [2.24, 2.45) is 9.98 Å². The Hall–Kier alpha value is -6.73. The van der Waals surface area contributed by atoms with Gasteiger partial charge in [-0.2, -0.15) is 0 Å². The first-order valence-corrected chi connectivity index (χ1v) is 20.8. The van der Waals surface area contributed by atoms with Gasteiger partial charge >= 0.3 is 0 Å². The summed E-state index contributed by atoms with van der Waals surface area (Å²) in [5.74, 6) is 3.69. The van der Waals surface area contributed by atoms with E-state index in [1.807, 2.05) is 18.2 Å². The standard InChI is InChI=1S/C53H51N7/c1-50(2)52(5,6)59(48(57-50)39-22-14-10-15-23-39)43-28-18-26-41(34-43)46-54-45(38-32-30-37(31-33-38)36-20-12-9-13-21-36)55-47(56-46)42-27-19-29-44(35-42)60-49(40-24-16-11-17-25-40)58-51(3,4)53(60,7)8/h9-35H,1-8H3. The van der Waals surface area contributed by atoms with Crippen molar-refractivity contribution in [3.63, 3.8) is 0 Å². The molecule has 0 atom stereocenters. The van der Waals surface area contributed by atoms with Gasteiger partial charge in [0.25, 0.3) is 0 Å². The fraction of sp³-hybridized carbons (Fsp3) is 0.226. The number of benzene rings is 6. The Kier molecular flexibility index (Phi) is 9.38. The zero-order valence-corrected chi connectivity index (χ0v) is 35.7. The van der Waals surface area contributed by atoms with Crippen LogP contribution in [0.1, 0.15) is 66.5 Å². The maximum absolute atomic E-state index is 5.31. The van der Waals surface area contributed by atoms with Crippen LogP contribution >= 0.6 is 0 Å². The molecule has 60 heavy (non-hydrogen) atoms. The van der Waals surface area contributed by atoms with Gasteiger partial charge in [0.05, 0.1) is 22.2 Å². The normalized spacial score (nSPS) is 17.3. The van der Waals surface area contributed by atoms with E-state index < -0.39 is 0 Å². The highest BCUT2D eigenvalue weighted by atomic mass is 15.3. The van der Waals surface area contributed by atoms with E-state index in [0.29, 0.717) is 17.5 Å². The van der Waals surface area contributed by atoms with Gasteiger partial charge < -0.3 is 9.80 Å². The van der Waals surface area contributed by atoms with Crippen molar-refractivity contribution < 1.29 is 0 Å². The number of anilines is 2. The number of nitrogens with zero attached hydrogens (tertiary/aromatic N) is 7. The predicted molar refractivity (Wildman–Crippen MR) is 249 cm³/mol. The van der Waals surface area contributed by atoms with Gasteiger partial charge in [0.15, 0.2) is 17.5 Å². The number of rotatable bonds is 8. The van der Waals surface area contributed by atoms with Crippen LogP contribution in [0.25, 0.3) is 45.3 Å². The van der Waals surface area contributed by atoms with E-state index in [1.165, 1.54) is 0 Å². The molecule has 7 nitrogen and oxygen atoms in total. The lowest BCUT2D eigenvalue weighted by Crippen LogP contribution is -2.53. The third-order valence-corrected chi connectivity index (χ3v) is 13.0. The van der Waals surface area contributed by atoms with Crippen molar-refractivity contribution >= 4 is 23.0 Å². The summed E-state index contributed by atoms with van der Waals surface area (Å²) in [5.41, 5.74) is 7.85. The SMILES string of the molecule is CC1(C)N=C(c2ccccc2)N(c2cccc(-c3nc(-c4ccc(-c5ccccc5)cc4)nc(-c4cccc(N5C(c6ccccc6)=NC(C)(C)C5(C)C)c4)n3)c2)C1(C)C. The van der Waals surface area contributed by atoms with Gasteiger partial charge in [-0.25, -0.2) is 15.0 Å². The summed E-state index contributed by atoms with van der Waals surface area (Å²) in [7, 11) is 0. The predicted octanol–water partition coefficient (Wildman–Crippen LogP) is 12.2. The number of aromatic nitrogens is 3. The molecule has 2 aliphatic heterocycles. The lowest BCUT2D eigenvalue weighted by Gasteiger charge is -2.41. The van der Waals surface area contributed by atoms with Gasteiger partial charge in [0.1, 0.15) is 11.7 Å². The fourth-order valence-corrected chi connectivity index (χ4v) is 8.21. The lowest BCUT2D eigenvalue weighted by atomic mass is 9.83. The molecule has 0 fully saturated rings. The Labute approximate surface area is 354 Å². The molecule has 9 rings (SSSR count). The monoisotopic (exact) mass is 785 g/mol. The molecule has 7 aromatic rings. The topological polar surface area (TPSA) is 69.9 Å². The summed E-state index contributed by atoms with van der Waals surface area (Å²) >= 11 is 0. The second kappa shape index (κ2) is 14.5. The molecule has 0 amide bonds. The van der Waals surface area contributed by atoms with Crippen LogP contribution < -0.4 is 9.80 Å². The van der Waals surface area contributed by atoms with Crippen LogP contribution in [0.2, 0.25) is 0 Å². The van der Waals surface area contributed by atoms with Crippen LogP contribution in [0.15, 0.2) is 174 Å². The van der Waals surface area contributed by atoms with Crippen molar-refractivity contribution in [2.45, 2.75) is 77.5 Å². The molecule has 0 saturated carbocycles. The van der Waals surface area contributed by atoms with E-state index in [2.05, 4.69) is 211 Å². The molecule has 0 spiro atoms. The number of amidine groups is 2. The van der Waals surface area contributed by atoms with Gasteiger partial charge in [-0.05, 0) is 90.8 Å². The molecule has 0 unspecified atom stereocenters. The minimum atomic E-state index is -0.344. The van der Waals surface area contributed by atoms with Gasteiger partial charge in [0.2, 0.25) is 0 Å². The third-order valence-electron chi connectivity index (χ3n) is 13.0. The molecule has 298 valence electrons. The van der Waals surface area contributed by atoms with Crippen molar-refractivity contribution in [1.29, 1.82) is 0 Å². The zero-order valence-electron chi connectivity index (χ0n) is 35.7. The second-order valence-corrected chi connectivity index (χ2v) is 17.9. The maximum atomic E-state index is 5.31. The van der Waals surface area contributed by atoms with Crippen molar-refractivity contribution in [3.05, 3.63) is 175 Å². The summed E-state index contributed by atoms with van der Waals surface area (Å²) < 4.78 is 0. The Balaban J connectivity index is 1.18. The average molecular weight is 786 g/mol. The Morgan fingerprint density at radius 2 is 0.633 bits per heavy atom. The second-order valence-electron chi connectivity index (χ2n) is 17.9. The first-order chi connectivity index (χ1) is 28.7. The summed E-state index contributed by atoms with van der Waals surface area (Å²) in [6.07, 6.45) is 0. The molecule has 3 heterocycles. The zero-order chi connectivity index (χ0) is 41.9. The van der Waals surface area contributed by atoms with Gasteiger partial charge in [-0.1, -0.05) is 140 Å². The number of hydrogen-bond acceptors (Lipinski definition) is 7. The van der Waals surface area contributed by atoms with Crippen LogP contribution in [0.4, 0.5) is 11.4 Å². The quantitative estimate of drug-likeness (QED) is 0.153. The fourth-order valence-electron chi connectivity index (χ4n) is 8.21. The van der Waals surface area contributed by atoms with Gasteiger partial charge in [-0.15, -0.1) is 0 Å². The summed E-state index contributed by atoms with van der Waals surface area (Å²) in [6, 6.07) is 56.9. The van der Waals surface area contributed by atoms with Crippen LogP contribution in [0.5, 0.6) is 0 Å². The molecule has 0 radical (unpaired) electrons. The first kappa shape index (κ1) is 38.8. The smallest absolute Gasteiger partial charge is 0.164 e. The highest BCUT2D eigenvalue weighted by molar-refractivity contribution is 6.14. The molecule has 0 bridgehead atoms. The maximum Gasteiger partial charge on any atom is 0.164 e. The Morgan fingerprint density at radius 3 is 1.03 bits per heavy atom. The largest absolute Gasteiger partial charge is 0.318 e. The Morgan fingerprint density at radius 1 is 0.317 bits per heavy atom. The molecule has 0 N–H and O–H groups in total. The minimum Gasteiger partial charge on any atom is -0.318 e. The molecule has 0 saturated heterocycles. The molecule has 2 aliphatic rings. The average Bonchev–Trinajstić information content (AvgIpc) is 3.59. The van der Waals surface area contributed by atoms with E-state index in [9.17, 15) is 0 Å². The van der Waals surface area contributed by atoms with E-state index in [4.69, 9.17) is 24.9 Å². The highest BCUT2D eigenvalue weighted by Gasteiger charge is 2.51. The summed E-state index contributed by atoms with van der Waals surface area (Å²) in [4.78, 5) is 31.0. The van der Waals surface area contributed by atoms with E-state index in [0.717, 1.165) is 62.0 Å². The van der Waals surface area contributed by atoms with E-state index >= 15 is 0 Å². The van der Waals surface area contributed by atoms with Gasteiger partial charge in [-0.3, -0.25) is 9.98 Å². The molecule has 0 aliphatic carbocycles. The summed E-state index contributed by atoms with van der Waals surface area (Å²) in [5, 5.41) is 0. The molecular formula is C53H51N7. The van der Waals surface area contributed by atoms with Crippen molar-refractivity contribution in [1.82, 2.24) is 15.0 Å². The van der Waals surface area contributed by atoms with Gasteiger partial charge in [0, 0.05) is 39.2 Å². The third kappa shape index (κ3) is 6.68. The molecule has 1 aromatic heterocycles. The van der Waals surface area contributed by atoms with E-state index in [1.54, 1.807) is 0 Å². The van der Waals surface area contributed by atoms with E-state index in [-0.39, 0.29) is 22.2 Å². The highest BCUT2D eigenvalue weighted by Crippen LogP contribution is 2.45. The molecular weight excluding hydrogens is 735 g/mol. The minimum absolute atomic E-state index is 0.326. The number of hydrogen-bond donors (Lipinski definition) is 0. The Bertz CT molecular complexity index is 2600. The summed E-state index contributed by atoms with van der Waals surface area (Å²) in [6.45, 7) is 17.9. The van der Waals surface area contributed by atoms with Crippen LogP contribution in [0, 0.1) is 0 Å². The van der Waals surface area contributed by atoms with Crippen LogP contribution in [-0.4, -0.2) is 48.8 Å². The van der Waals surface area contributed by atoms with Crippen LogP contribution in [-0.2, 0) is 0 Å².